The lowest BCUT2D eigenvalue weighted by Gasteiger charge is -1.99. The average molecular weight is 199 g/mol. The summed E-state index contributed by atoms with van der Waals surface area (Å²) in [5.74, 6) is 0. The van der Waals surface area contributed by atoms with E-state index >= 15 is 0 Å². The Morgan fingerprint density at radius 2 is 2.46 bits per heavy atom. The van der Waals surface area contributed by atoms with Crippen LogP contribution in [0.2, 0.25) is 0 Å². The highest BCUT2D eigenvalue weighted by molar-refractivity contribution is 7.09. The van der Waals surface area contributed by atoms with Crippen LogP contribution in [0.4, 0.5) is 0 Å². The van der Waals surface area contributed by atoms with E-state index in [1.54, 1.807) is 11.3 Å². The fourth-order valence-corrected chi connectivity index (χ4v) is 1.72. The molecule has 3 nitrogen and oxygen atoms in total. The fourth-order valence-electron chi connectivity index (χ4n) is 1.04. The van der Waals surface area contributed by atoms with E-state index in [-0.39, 0.29) is 0 Å². The molecule has 0 aliphatic heterocycles. The smallest absolute Gasteiger partial charge is 0.106 e. The van der Waals surface area contributed by atoms with Gasteiger partial charge in [0.15, 0.2) is 0 Å². The Hall–Kier alpha value is -0.450. The van der Waals surface area contributed by atoms with Crippen molar-refractivity contribution in [1.29, 1.82) is 0 Å². The predicted octanol–water partition coefficient (Wildman–Crippen LogP) is 1.49. The minimum Gasteiger partial charge on any atom is -0.325 e. The summed E-state index contributed by atoms with van der Waals surface area (Å²) in [6.07, 6.45) is 2.46. The third-order valence-electron chi connectivity index (χ3n) is 1.79. The van der Waals surface area contributed by atoms with Crippen LogP contribution >= 0.6 is 11.3 Å². The molecule has 4 heteroatoms. The highest BCUT2D eigenvalue weighted by Crippen LogP contribution is 2.08. The van der Waals surface area contributed by atoms with Gasteiger partial charge in [-0.3, -0.25) is 0 Å². The molecular formula is C9H17N3S. The lowest BCUT2D eigenvalue weighted by molar-refractivity contribution is 0.634. The number of hydrogen-bond acceptors (Lipinski definition) is 4. The van der Waals surface area contributed by atoms with E-state index in [4.69, 9.17) is 5.73 Å². The number of rotatable bonds is 6. The molecule has 0 aromatic carbocycles. The van der Waals surface area contributed by atoms with Gasteiger partial charge in [0, 0.05) is 18.5 Å². The molecule has 0 fully saturated rings. The number of nitrogens with zero attached hydrogens (tertiary/aromatic N) is 1. The Balaban J connectivity index is 2.20. The van der Waals surface area contributed by atoms with Gasteiger partial charge in [0.25, 0.3) is 0 Å². The minimum absolute atomic E-state index is 0.555. The molecule has 0 saturated carbocycles. The molecule has 1 aromatic heterocycles. The van der Waals surface area contributed by atoms with Crippen molar-refractivity contribution >= 4 is 11.3 Å². The summed E-state index contributed by atoms with van der Waals surface area (Å²) in [6.45, 7) is 4.69. The largest absolute Gasteiger partial charge is 0.325 e. The van der Waals surface area contributed by atoms with E-state index in [1.807, 2.05) is 0 Å². The van der Waals surface area contributed by atoms with Gasteiger partial charge in [0.05, 0.1) is 5.69 Å². The molecule has 1 heterocycles. The predicted molar refractivity (Wildman–Crippen MR) is 56.6 cm³/mol. The summed E-state index contributed by atoms with van der Waals surface area (Å²) in [7, 11) is 0. The zero-order chi connectivity index (χ0) is 9.52. The molecule has 0 amide bonds. The van der Waals surface area contributed by atoms with Crippen LogP contribution in [0, 0.1) is 0 Å². The zero-order valence-corrected chi connectivity index (χ0v) is 8.86. The number of nitrogens with two attached hydrogens (primary N) is 1. The first-order valence-electron chi connectivity index (χ1n) is 4.71. The van der Waals surface area contributed by atoms with Crippen LogP contribution in [0.15, 0.2) is 5.38 Å². The second-order valence-electron chi connectivity index (χ2n) is 2.97. The monoisotopic (exact) mass is 199 g/mol. The van der Waals surface area contributed by atoms with Crippen LogP contribution in [-0.2, 0) is 13.1 Å². The van der Waals surface area contributed by atoms with Gasteiger partial charge in [-0.25, -0.2) is 4.98 Å². The van der Waals surface area contributed by atoms with E-state index in [0.29, 0.717) is 6.54 Å². The van der Waals surface area contributed by atoms with E-state index in [9.17, 15) is 0 Å². The van der Waals surface area contributed by atoms with Crippen molar-refractivity contribution < 1.29 is 0 Å². The lowest BCUT2D eigenvalue weighted by atomic mass is 10.3. The number of unbranched alkanes of at least 4 members (excludes halogenated alkanes) is 1. The summed E-state index contributed by atoms with van der Waals surface area (Å²) in [5.41, 5.74) is 6.58. The Morgan fingerprint density at radius 3 is 3.08 bits per heavy atom. The van der Waals surface area contributed by atoms with Crippen molar-refractivity contribution in [2.45, 2.75) is 32.9 Å². The maximum atomic E-state index is 5.47. The van der Waals surface area contributed by atoms with Crippen molar-refractivity contribution in [2.75, 3.05) is 6.54 Å². The first-order valence-corrected chi connectivity index (χ1v) is 5.58. The molecule has 3 N–H and O–H groups in total. The topological polar surface area (TPSA) is 50.9 Å². The second-order valence-corrected chi connectivity index (χ2v) is 3.91. The molecule has 0 aliphatic rings. The molecule has 0 aliphatic carbocycles. The molecule has 0 bridgehead atoms. The lowest BCUT2D eigenvalue weighted by Crippen LogP contribution is -2.14. The van der Waals surface area contributed by atoms with Crippen LogP contribution in [0.5, 0.6) is 0 Å². The fraction of sp³-hybridized carbons (Fsp3) is 0.667. The number of nitrogens with one attached hydrogen (secondary N) is 1. The van der Waals surface area contributed by atoms with Gasteiger partial charge in [-0.05, 0) is 13.0 Å². The average Bonchev–Trinajstić information content (AvgIpc) is 2.60. The third-order valence-corrected chi connectivity index (χ3v) is 2.71. The number of aromatic nitrogens is 1. The second kappa shape index (κ2) is 6.07. The summed E-state index contributed by atoms with van der Waals surface area (Å²) in [4.78, 5) is 4.36. The van der Waals surface area contributed by atoms with Gasteiger partial charge in [-0.2, -0.15) is 0 Å². The molecular weight excluding hydrogens is 182 g/mol. The molecule has 0 atom stereocenters. The summed E-state index contributed by atoms with van der Waals surface area (Å²) in [6, 6.07) is 0. The van der Waals surface area contributed by atoms with Crippen LogP contribution in [-0.4, -0.2) is 11.5 Å². The van der Waals surface area contributed by atoms with Crippen LogP contribution < -0.4 is 11.1 Å². The first-order chi connectivity index (χ1) is 6.36. The zero-order valence-electron chi connectivity index (χ0n) is 8.05. The quantitative estimate of drug-likeness (QED) is 0.682. The Kier molecular flexibility index (Phi) is 4.97. The highest BCUT2D eigenvalue weighted by Gasteiger charge is 1.98. The minimum atomic E-state index is 0.555. The van der Waals surface area contributed by atoms with E-state index in [1.165, 1.54) is 12.8 Å². The molecule has 1 aromatic rings. The summed E-state index contributed by atoms with van der Waals surface area (Å²) < 4.78 is 0. The highest BCUT2D eigenvalue weighted by atomic mass is 32.1. The summed E-state index contributed by atoms with van der Waals surface area (Å²) >= 11 is 1.64. The van der Waals surface area contributed by atoms with Crippen LogP contribution in [0.1, 0.15) is 30.5 Å². The molecule has 13 heavy (non-hydrogen) atoms. The van der Waals surface area contributed by atoms with Gasteiger partial charge < -0.3 is 11.1 Å². The van der Waals surface area contributed by atoms with Crippen molar-refractivity contribution in [3.8, 4) is 0 Å². The van der Waals surface area contributed by atoms with E-state index in [2.05, 4.69) is 22.6 Å². The molecule has 1 rings (SSSR count). The number of hydrogen-bond donors (Lipinski definition) is 2. The van der Waals surface area contributed by atoms with Crippen molar-refractivity contribution in [3.63, 3.8) is 0 Å². The Bertz CT molecular complexity index is 235. The maximum Gasteiger partial charge on any atom is 0.106 e. The van der Waals surface area contributed by atoms with E-state index < -0.39 is 0 Å². The van der Waals surface area contributed by atoms with Crippen LogP contribution in [0.3, 0.4) is 0 Å². The van der Waals surface area contributed by atoms with Gasteiger partial charge in [-0.15, -0.1) is 11.3 Å². The molecule has 0 saturated heterocycles. The van der Waals surface area contributed by atoms with Crippen LogP contribution in [0.25, 0.3) is 0 Å². The van der Waals surface area contributed by atoms with Gasteiger partial charge in [0.2, 0.25) is 0 Å². The SMILES string of the molecule is CCCCNCc1csc(CN)n1. The molecule has 0 radical (unpaired) electrons. The van der Waals surface area contributed by atoms with Gasteiger partial charge in [-0.1, -0.05) is 13.3 Å². The first kappa shape index (κ1) is 10.6. The third kappa shape index (κ3) is 3.85. The van der Waals surface area contributed by atoms with Crippen molar-refractivity contribution in [3.05, 3.63) is 16.1 Å². The molecule has 0 spiro atoms. The number of thiazole rings is 1. The van der Waals surface area contributed by atoms with Gasteiger partial charge in [0.1, 0.15) is 5.01 Å². The van der Waals surface area contributed by atoms with Crippen molar-refractivity contribution in [2.24, 2.45) is 5.73 Å². The van der Waals surface area contributed by atoms with Gasteiger partial charge >= 0.3 is 0 Å². The Labute approximate surface area is 83.4 Å². The standard InChI is InChI=1S/C9H17N3S/c1-2-3-4-11-6-8-7-13-9(5-10)12-8/h7,11H,2-6,10H2,1H3. The normalized spacial score (nSPS) is 10.6. The Morgan fingerprint density at radius 1 is 1.62 bits per heavy atom. The molecule has 74 valence electrons. The summed E-state index contributed by atoms with van der Waals surface area (Å²) in [5, 5.41) is 6.43. The molecule has 0 unspecified atom stereocenters. The van der Waals surface area contributed by atoms with Crippen molar-refractivity contribution in [1.82, 2.24) is 10.3 Å². The maximum absolute atomic E-state index is 5.47. The van der Waals surface area contributed by atoms with E-state index in [0.717, 1.165) is 23.8 Å².